The number of nitrogens with one attached hydrogen (secondary N) is 1. The SMILES string of the molecule is CCS(=O)Nc1cnccc1Cl. The van der Waals surface area contributed by atoms with Crippen LogP contribution in [0.25, 0.3) is 0 Å². The first-order chi connectivity index (χ1) is 5.74. The van der Waals surface area contributed by atoms with Gasteiger partial charge in [-0.25, -0.2) is 4.21 Å². The van der Waals surface area contributed by atoms with Crippen LogP contribution in [0.15, 0.2) is 18.5 Å². The molecule has 1 aromatic rings. The van der Waals surface area contributed by atoms with Crippen LogP contribution in [0.5, 0.6) is 0 Å². The number of anilines is 1. The number of nitrogens with zero attached hydrogens (tertiary/aromatic N) is 1. The molecule has 1 rings (SSSR count). The predicted molar refractivity (Wildman–Crippen MR) is 51.6 cm³/mol. The first kappa shape index (κ1) is 9.48. The van der Waals surface area contributed by atoms with Crippen molar-refractivity contribution in [2.24, 2.45) is 0 Å². The van der Waals surface area contributed by atoms with Crippen molar-refractivity contribution < 1.29 is 4.21 Å². The summed E-state index contributed by atoms with van der Waals surface area (Å²) in [5, 5.41) is 0.534. The van der Waals surface area contributed by atoms with Crippen LogP contribution in [-0.2, 0) is 11.0 Å². The van der Waals surface area contributed by atoms with Crippen molar-refractivity contribution in [1.82, 2.24) is 4.98 Å². The molecule has 0 aromatic carbocycles. The van der Waals surface area contributed by atoms with E-state index in [9.17, 15) is 4.21 Å². The number of aromatic nitrogens is 1. The quantitative estimate of drug-likeness (QED) is 0.817. The Labute approximate surface area is 78.7 Å². The minimum absolute atomic E-state index is 0.534. The fraction of sp³-hybridized carbons (Fsp3) is 0.286. The number of rotatable bonds is 3. The summed E-state index contributed by atoms with van der Waals surface area (Å²) >= 11 is 5.79. The average Bonchev–Trinajstić information content (AvgIpc) is 2.09. The molecule has 0 amide bonds. The Bertz CT molecular complexity index is 292. The number of hydrogen-bond acceptors (Lipinski definition) is 2. The molecule has 1 unspecified atom stereocenters. The molecular weight excluding hydrogens is 196 g/mol. The van der Waals surface area contributed by atoms with Gasteiger partial charge in [0, 0.05) is 11.9 Å². The molecule has 0 radical (unpaired) electrons. The molecule has 1 N–H and O–H groups in total. The lowest BCUT2D eigenvalue weighted by Gasteiger charge is -2.04. The predicted octanol–water partition coefficient (Wildman–Crippen LogP) is 1.83. The fourth-order valence-corrected chi connectivity index (χ4v) is 1.41. The maximum Gasteiger partial charge on any atom is 0.116 e. The molecule has 12 heavy (non-hydrogen) atoms. The first-order valence-electron chi connectivity index (χ1n) is 3.48. The minimum Gasteiger partial charge on any atom is -0.302 e. The Kier molecular flexibility index (Phi) is 3.49. The molecule has 0 bridgehead atoms. The van der Waals surface area contributed by atoms with E-state index in [-0.39, 0.29) is 0 Å². The van der Waals surface area contributed by atoms with Gasteiger partial charge in [-0.2, -0.15) is 0 Å². The van der Waals surface area contributed by atoms with Crippen molar-refractivity contribution in [3.05, 3.63) is 23.5 Å². The maximum atomic E-state index is 11.0. The molecule has 0 aliphatic heterocycles. The van der Waals surface area contributed by atoms with Crippen LogP contribution < -0.4 is 4.72 Å². The average molecular weight is 205 g/mol. The summed E-state index contributed by atoms with van der Waals surface area (Å²) < 4.78 is 13.8. The molecule has 1 atom stereocenters. The van der Waals surface area contributed by atoms with Crippen LogP contribution in [0.1, 0.15) is 6.92 Å². The lowest BCUT2D eigenvalue weighted by Crippen LogP contribution is -2.06. The van der Waals surface area contributed by atoms with Crippen LogP contribution in [0.3, 0.4) is 0 Å². The third-order valence-corrected chi connectivity index (χ3v) is 2.56. The van der Waals surface area contributed by atoms with E-state index in [1.165, 1.54) is 0 Å². The number of halogens is 1. The molecule has 0 fully saturated rings. The smallest absolute Gasteiger partial charge is 0.116 e. The summed E-state index contributed by atoms with van der Waals surface area (Å²) in [5.41, 5.74) is 0.611. The van der Waals surface area contributed by atoms with Gasteiger partial charge in [0.15, 0.2) is 0 Å². The Morgan fingerprint density at radius 3 is 3.08 bits per heavy atom. The van der Waals surface area contributed by atoms with Gasteiger partial charge in [0.05, 0.1) is 16.9 Å². The van der Waals surface area contributed by atoms with Crippen LogP contribution >= 0.6 is 11.6 Å². The highest BCUT2D eigenvalue weighted by Gasteiger charge is 2.00. The van der Waals surface area contributed by atoms with Crippen LogP contribution in [0.2, 0.25) is 5.02 Å². The topological polar surface area (TPSA) is 42.0 Å². The molecule has 66 valence electrons. The van der Waals surface area contributed by atoms with Crippen LogP contribution in [0.4, 0.5) is 5.69 Å². The van der Waals surface area contributed by atoms with Gasteiger partial charge in [-0.3, -0.25) is 4.98 Å². The zero-order chi connectivity index (χ0) is 8.97. The van der Waals surface area contributed by atoms with Crippen molar-refractivity contribution >= 4 is 28.3 Å². The maximum absolute atomic E-state index is 11.0. The molecular formula is C7H9ClN2OS. The van der Waals surface area contributed by atoms with Crippen molar-refractivity contribution in [3.63, 3.8) is 0 Å². The van der Waals surface area contributed by atoms with Gasteiger partial charge in [0.1, 0.15) is 11.0 Å². The summed E-state index contributed by atoms with van der Waals surface area (Å²) in [6, 6.07) is 1.65. The van der Waals surface area contributed by atoms with E-state index in [2.05, 4.69) is 9.71 Å². The van der Waals surface area contributed by atoms with Crippen LogP contribution in [0, 0.1) is 0 Å². The highest BCUT2D eigenvalue weighted by molar-refractivity contribution is 7.86. The molecule has 1 aromatic heterocycles. The number of hydrogen-bond donors (Lipinski definition) is 1. The molecule has 0 aliphatic carbocycles. The first-order valence-corrected chi connectivity index (χ1v) is 5.18. The van der Waals surface area contributed by atoms with E-state index in [1.807, 2.05) is 6.92 Å². The normalized spacial score (nSPS) is 12.5. The van der Waals surface area contributed by atoms with Gasteiger partial charge in [-0.05, 0) is 6.07 Å². The van der Waals surface area contributed by atoms with Gasteiger partial charge in [0.2, 0.25) is 0 Å². The highest BCUT2D eigenvalue weighted by atomic mass is 35.5. The van der Waals surface area contributed by atoms with E-state index in [4.69, 9.17) is 11.6 Å². The molecule has 5 heteroatoms. The van der Waals surface area contributed by atoms with Crippen molar-refractivity contribution in [3.8, 4) is 0 Å². The van der Waals surface area contributed by atoms with Crippen molar-refractivity contribution in [2.75, 3.05) is 10.5 Å². The molecule has 0 spiro atoms. The second kappa shape index (κ2) is 4.42. The third-order valence-electron chi connectivity index (χ3n) is 1.25. The minimum atomic E-state index is -1.06. The summed E-state index contributed by atoms with van der Waals surface area (Å²) in [4.78, 5) is 3.85. The van der Waals surface area contributed by atoms with E-state index in [1.54, 1.807) is 18.5 Å². The Morgan fingerprint density at radius 2 is 2.50 bits per heavy atom. The molecule has 0 aliphatic rings. The zero-order valence-corrected chi connectivity index (χ0v) is 8.15. The summed E-state index contributed by atoms with van der Waals surface area (Å²) in [6.45, 7) is 1.83. The van der Waals surface area contributed by atoms with E-state index < -0.39 is 11.0 Å². The van der Waals surface area contributed by atoms with E-state index in [0.717, 1.165) is 0 Å². The lowest BCUT2D eigenvalue weighted by atomic mass is 10.4. The standard InChI is InChI=1S/C7H9ClN2OS/c1-2-12(11)10-7-5-9-4-3-6(7)8/h3-5,10H,2H2,1H3. The van der Waals surface area contributed by atoms with Crippen LogP contribution in [-0.4, -0.2) is 14.9 Å². The van der Waals surface area contributed by atoms with Gasteiger partial charge in [-0.1, -0.05) is 18.5 Å². The largest absolute Gasteiger partial charge is 0.302 e. The number of pyridine rings is 1. The summed E-state index contributed by atoms with van der Waals surface area (Å²) in [6.07, 6.45) is 3.14. The van der Waals surface area contributed by atoms with Gasteiger partial charge >= 0.3 is 0 Å². The summed E-state index contributed by atoms with van der Waals surface area (Å²) in [7, 11) is -1.06. The molecule has 0 saturated carbocycles. The van der Waals surface area contributed by atoms with Gasteiger partial charge in [0.25, 0.3) is 0 Å². The molecule has 0 saturated heterocycles. The summed E-state index contributed by atoms with van der Waals surface area (Å²) in [5.74, 6) is 0.547. The van der Waals surface area contributed by atoms with Crippen molar-refractivity contribution in [2.45, 2.75) is 6.92 Å². The lowest BCUT2D eigenvalue weighted by molar-refractivity contribution is 0.687. The fourth-order valence-electron chi connectivity index (χ4n) is 0.647. The van der Waals surface area contributed by atoms with Gasteiger partial charge < -0.3 is 4.72 Å². The zero-order valence-electron chi connectivity index (χ0n) is 6.58. The van der Waals surface area contributed by atoms with Crippen molar-refractivity contribution in [1.29, 1.82) is 0 Å². The Hall–Kier alpha value is -0.610. The highest BCUT2D eigenvalue weighted by Crippen LogP contribution is 2.19. The Morgan fingerprint density at radius 1 is 1.75 bits per heavy atom. The second-order valence-electron chi connectivity index (χ2n) is 2.09. The third kappa shape index (κ3) is 2.46. The second-order valence-corrected chi connectivity index (χ2v) is 3.97. The Balaban J connectivity index is 2.75. The molecule has 3 nitrogen and oxygen atoms in total. The molecule has 1 heterocycles. The van der Waals surface area contributed by atoms with E-state index in [0.29, 0.717) is 16.5 Å². The van der Waals surface area contributed by atoms with Gasteiger partial charge in [-0.15, -0.1) is 0 Å². The van der Waals surface area contributed by atoms with E-state index >= 15 is 0 Å². The monoisotopic (exact) mass is 204 g/mol.